The van der Waals surface area contributed by atoms with Gasteiger partial charge in [0.1, 0.15) is 0 Å². The van der Waals surface area contributed by atoms with Crippen LogP contribution < -0.4 is 10.0 Å². The van der Waals surface area contributed by atoms with E-state index in [1.165, 1.54) is 0 Å². The predicted molar refractivity (Wildman–Crippen MR) is 89.8 cm³/mol. The van der Waals surface area contributed by atoms with E-state index in [0.29, 0.717) is 36.0 Å². The van der Waals surface area contributed by atoms with E-state index in [1.807, 2.05) is 19.1 Å². The highest BCUT2D eigenvalue weighted by atomic mass is 32.2. The molecular formula is C17H26N2O3S. The molecular weight excluding hydrogens is 312 g/mol. The van der Waals surface area contributed by atoms with E-state index in [4.69, 9.17) is 4.74 Å². The Balaban J connectivity index is 1.49. The second kappa shape index (κ2) is 6.16. The van der Waals surface area contributed by atoms with Crippen LogP contribution in [0.15, 0.2) is 29.2 Å². The van der Waals surface area contributed by atoms with Crippen LogP contribution in [0.5, 0.6) is 0 Å². The summed E-state index contributed by atoms with van der Waals surface area (Å²) >= 11 is 0. The van der Waals surface area contributed by atoms with Crippen LogP contribution in [0.25, 0.3) is 0 Å². The zero-order chi connectivity index (χ0) is 16.7. The highest BCUT2D eigenvalue weighted by Gasteiger charge is 2.58. The maximum atomic E-state index is 12.2. The number of ether oxygens (including phenoxy) is 1. The third-order valence-electron chi connectivity index (χ3n) is 5.21. The van der Waals surface area contributed by atoms with Gasteiger partial charge in [-0.3, -0.25) is 0 Å². The number of benzene rings is 1. The first-order chi connectivity index (χ1) is 10.8. The molecule has 2 fully saturated rings. The summed E-state index contributed by atoms with van der Waals surface area (Å²) in [6.07, 6.45) is 1.45. The number of hydrogen-bond acceptors (Lipinski definition) is 4. The molecule has 0 aromatic heterocycles. The van der Waals surface area contributed by atoms with Gasteiger partial charge in [-0.05, 0) is 25.5 Å². The zero-order valence-corrected chi connectivity index (χ0v) is 14.8. The Morgan fingerprint density at radius 2 is 1.91 bits per heavy atom. The Labute approximate surface area is 138 Å². The predicted octanol–water partition coefficient (Wildman–Crippen LogP) is 1.68. The standard InChI is InChI=1S/C17H26N2O3S/c1-12-4-6-13(7-5-12)23(20,21)19-10-9-18-15-14-8-11-22-16(14)17(15,2)3/h4-7,14-16,18-19H,8-11H2,1-3H3/t14-,15+,16-/m0/s1. The van der Waals surface area contributed by atoms with Crippen molar-refractivity contribution in [3.63, 3.8) is 0 Å². The van der Waals surface area contributed by atoms with E-state index in [9.17, 15) is 8.42 Å². The fourth-order valence-corrected chi connectivity index (χ4v) is 4.98. The summed E-state index contributed by atoms with van der Waals surface area (Å²) in [7, 11) is -3.42. The molecule has 6 heteroatoms. The van der Waals surface area contributed by atoms with Gasteiger partial charge in [0.05, 0.1) is 11.0 Å². The molecule has 23 heavy (non-hydrogen) atoms. The van der Waals surface area contributed by atoms with Crippen molar-refractivity contribution in [1.82, 2.24) is 10.0 Å². The Morgan fingerprint density at radius 3 is 2.61 bits per heavy atom. The first-order valence-electron chi connectivity index (χ1n) is 8.24. The zero-order valence-electron chi connectivity index (χ0n) is 14.0. The van der Waals surface area contributed by atoms with Crippen molar-refractivity contribution >= 4 is 10.0 Å². The lowest BCUT2D eigenvalue weighted by Gasteiger charge is -2.55. The molecule has 0 amide bonds. The summed E-state index contributed by atoms with van der Waals surface area (Å²) in [6, 6.07) is 7.30. The van der Waals surface area contributed by atoms with Gasteiger partial charge in [0.15, 0.2) is 0 Å². The first-order valence-corrected chi connectivity index (χ1v) is 9.72. The van der Waals surface area contributed by atoms with Crippen LogP contribution in [-0.4, -0.2) is 40.3 Å². The van der Waals surface area contributed by atoms with Gasteiger partial charge in [0.25, 0.3) is 0 Å². The highest BCUT2D eigenvalue weighted by molar-refractivity contribution is 7.89. The van der Waals surface area contributed by atoms with E-state index in [0.717, 1.165) is 18.6 Å². The van der Waals surface area contributed by atoms with E-state index < -0.39 is 10.0 Å². The Morgan fingerprint density at radius 1 is 1.22 bits per heavy atom. The normalized spacial score (nSPS) is 29.1. The number of fused-ring (bicyclic) bond motifs is 1. The molecule has 5 nitrogen and oxygen atoms in total. The third kappa shape index (κ3) is 3.18. The summed E-state index contributed by atoms with van der Waals surface area (Å²) in [5.74, 6) is 0.568. The molecule has 0 bridgehead atoms. The molecule has 0 radical (unpaired) electrons. The lowest BCUT2D eigenvalue weighted by atomic mass is 9.57. The average Bonchev–Trinajstić information content (AvgIpc) is 2.94. The summed E-state index contributed by atoms with van der Waals surface area (Å²) in [5.41, 5.74) is 1.17. The minimum atomic E-state index is -3.42. The monoisotopic (exact) mass is 338 g/mol. The lowest BCUT2D eigenvalue weighted by molar-refractivity contribution is -0.112. The molecule has 1 aromatic rings. The van der Waals surface area contributed by atoms with Gasteiger partial charge < -0.3 is 10.1 Å². The molecule has 1 aliphatic heterocycles. The first kappa shape index (κ1) is 16.9. The van der Waals surface area contributed by atoms with Gasteiger partial charge in [-0.15, -0.1) is 0 Å². The fourth-order valence-electron chi connectivity index (χ4n) is 3.95. The van der Waals surface area contributed by atoms with Gasteiger partial charge in [-0.1, -0.05) is 31.5 Å². The van der Waals surface area contributed by atoms with E-state index in [2.05, 4.69) is 23.9 Å². The number of rotatable bonds is 6. The maximum Gasteiger partial charge on any atom is 0.240 e. The van der Waals surface area contributed by atoms with Crippen LogP contribution in [0.1, 0.15) is 25.8 Å². The molecule has 3 atom stereocenters. The van der Waals surface area contributed by atoms with Gasteiger partial charge >= 0.3 is 0 Å². The molecule has 0 unspecified atom stereocenters. The molecule has 0 spiro atoms. The second-order valence-electron chi connectivity index (χ2n) is 7.21. The Bertz CT molecular complexity index is 655. The number of hydrogen-bond donors (Lipinski definition) is 2. The molecule has 1 saturated heterocycles. The maximum absolute atomic E-state index is 12.2. The van der Waals surface area contributed by atoms with Crippen LogP contribution in [0.3, 0.4) is 0 Å². The van der Waals surface area contributed by atoms with Gasteiger partial charge in [0.2, 0.25) is 10.0 Å². The Hall–Kier alpha value is -0.950. The van der Waals surface area contributed by atoms with Crippen molar-refractivity contribution in [1.29, 1.82) is 0 Å². The minimum Gasteiger partial charge on any atom is -0.377 e. The molecule has 1 heterocycles. The Kier molecular flexibility index (Phi) is 4.53. The summed E-state index contributed by atoms with van der Waals surface area (Å²) < 4.78 is 32.9. The quantitative estimate of drug-likeness (QED) is 0.775. The SMILES string of the molecule is Cc1ccc(S(=O)(=O)NCCN[C@@H]2[C@@H]3CCO[C@@H]3C2(C)C)cc1. The van der Waals surface area contributed by atoms with Crippen LogP contribution in [-0.2, 0) is 14.8 Å². The van der Waals surface area contributed by atoms with Crippen molar-refractivity contribution < 1.29 is 13.2 Å². The van der Waals surface area contributed by atoms with Gasteiger partial charge in [-0.25, -0.2) is 13.1 Å². The largest absolute Gasteiger partial charge is 0.377 e. The lowest BCUT2D eigenvalue weighted by Crippen LogP contribution is -2.66. The molecule has 1 saturated carbocycles. The number of sulfonamides is 1. The highest BCUT2D eigenvalue weighted by Crippen LogP contribution is 2.51. The van der Waals surface area contributed by atoms with Crippen LogP contribution in [0, 0.1) is 18.3 Å². The molecule has 2 aliphatic rings. The minimum absolute atomic E-state index is 0.122. The third-order valence-corrected chi connectivity index (χ3v) is 6.69. The molecule has 128 valence electrons. The van der Waals surface area contributed by atoms with Crippen LogP contribution in [0.4, 0.5) is 0 Å². The summed E-state index contributed by atoms with van der Waals surface area (Å²) in [6.45, 7) is 8.23. The van der Waals surface area contributed by atoms with Crippen molar-refractivity contribution in [2.45, 2.75) is 44.2 Å². The van der Waals surface area contributed by atoms with E-state index >= 15 is 0 Å². The second-order valence-corrected chi connectivity index (χ2v) is 8.97. The summed E-state index contributed by atoms with van der Waals surface area (Å²) in [5, 5.41) is 3.51. The average molecular weight is 338 g/mol. The van der Waals surface area contributed by atoms with E-state index in [-0.39, 0.29) is 5.41 Å². The molecule has 2 N–H and O–H groups in total. The van der Waals surface area contributed by atoms with Gasteiger partial charge in [-0.2, -0.15) is 0 Å². The van der Waals surface area contributed by atoms with Crippen molar-refractivity contribution in [3.05, 3.63) is 29.8 Å². The van der Waals surface area contributed by atoms with Crippen molar-refractivity contribution in [3.8, 4) is 0 Å². The number of aryl methyl sites for hydroxylation is 1. The molecule has 1 aromatic carbocycles. The summed E-state index contributed by atoms with van der Waals surface area (Å²) in [4.78, 5) is 0.316. The molecule has 3 rings (SSSR count). The topological polar surface area (TPSA) is 67.4 Å². The van der Waals surface area contributed by atoms with Crippen molar-refractivity contribution in [2.24, 2.45) is 11.3 Å². The molecule has 1 aliphatic carbocycles. The number of nitrogens with one attached hydrogen (secondary N) is 2. The van der Waals surface area contributed by atoms with E-state index in [1.54, 1.807) is 12.1 Å². The van der Waals surface area contributed by atoms with Crippen molar-refractivity contribution in [2.75, 3.05) is 19.7 Å². The fraction of sp³-hybridized carbons (Fsp3) is 0.647. The van der Waals surface area contributed by atoms with Crippen LogP contribution >= 0.6 is 0 Å². The van der Waals surface area contributed by atoms with Gasteiger partial charge in [0, 0.05) is 37.1 Å². The van der Waals surface area contributed by atoms with Crippen LogP contribution in [0.2, 0.25) is 0 Å². The smallest absolute Gasteiger partial charge is 0.240 e.